The molecule has 1 atom stereocenters. The molecule has 0 N–H and O–H groups in total. The zero-order chi connectivity index (χ0) is 22.8. The third-order valence-corrected chi connectivity index (χ3v) is 5.50. The Hall–Kier alpha value is -4.22. The molecule has 8 nitrogen and oxygen atoms in total. The Morgan fingerprint density at radius 2 is 2.03 bits per heavy atom. The summed E-state index contributed by atoms with van der Waals surface area (Å²) in [6.07, 6.45) is 7.27. The van der Waals surface area contributed by atoms with Gasteiger partial charge in [-0.2, -0.15) is 10.4 Å². The van der Waals surface area contributed by atoms with E-state index in [1.54, 1.807) is 25.6 Å². The third kappa shape index (κ3) is 4.14. The summed E-state index contributed by atoms with van der Waals surface area (Å²) in [5.74, 6) is 2.12. The lowest BCUT2D eigenvalue weighted by atomic mass is 10.1. The van der Waals surface area contributed by atoms with E-state index in [-0.39, 0.29) is 6.10 Å². The summed E-state index contributed by atoms with van der Waals surface area (Å²) < 4.78 is 15.4. The second kappa shape index (κ2) is 8.73. The van der Waals surface area contributed by atoms with Gasteiger partial charge in [-0.3, -0.25) is 0 Å². The summed E-state index contributed by atoms with van der Waals surface area (Å²) in [6.45, 7) is 3.15. The second-order valence-electron chi connectivity index (χ2n) is 7.72. The third-order valence-electron chi connectivity index (χ3n) is 5.50. The first-order valence-electron chi connectivity index (χ1n) is 10.6. The molecular weight excluding hydrogens is 416 g/mol. The molecule has 0 amide bonds. The number of nitrogens with zero attached hydrogens (tertiary/aromatic N) is 6. The molecule has 0 spiro atoms. The van der Waals surface area contributed by atoms with Crippen LogP contribution in [0.4, 0.5) is 0 Å². The molecule has 33 heavy (non-hydrogen) atoms. The van der Waals surface area contributed by atoms with Crippen LogP contribution in [0.15, 0.2) is 55.0 Å². The number of fused-ring (bicyclic) bond motifs is 1. The molecule has 0 saturated carbocycles. The molecule has 164 valence electrons. The molecule has 0 aliphatic carbocycles. The van der Waals surface area contributed by atoms with Crippen molar-refractivity contribution in [3.63, 3.8) is 0 Å². The summed E-state index contributed by atoms with van der Waals surface area (Å²) in [5, 5.41) is 13.7. The van der Waals surface area contributed by atoms with Crippen LogP contribution in [-0.4, -0.2) is 38.0 Å². The Bertz CT molecular complexity index is 1360. The average molecular weight is 438 g/mol. The molecule has 0 bridgehead atoms. The highest BCUT2D eigenvalue weighted by Crippen LogP contribution is 2.29. The van der Waals surface area contributed by atoms with Gasteiger partial charge in [-0.25, -0.2) is 14.6 Å². The van der Waals surface area contributed by atoms with E-state index in [2.05, 4.69) is 16.2 Å². The molecule has 1 aliphatic rings. The maximum atomic E-state index is 9.03. The molecule has 8 heteroatoms. The first-order valence-corrected chi connectivity index (χ1v) is 10.6. The number of ether oxygens (including phenoxy) is 2. The summed E-state index contributed by atoms with van der Waals surface area (Å²) in [6, 6.07) is 15.5. The minimum Gasteiger partial charge on any atom is -0.495 e. The van der Waals surface area contributed by atoms with Crippen LogP contribution in [0.1, 0.15) is 40.1 Å². The Kier molecular flexibility index (Phi) is 5.47. The van der Waals surface area contributed by atoms with E-state index in [1.807, 2.05) is 64.9 Å². The van der Waals surface area contributed by atoms with Gasteiger partial charge in [0.2, 0.25) is 0 Å². The van der Waals surface area contributed by atoms with E-state index in [0.29, 0.717) is 24.5 Å². The first kappa shape index (κ1) is 20.7. The van der Waals surface area contributed by atoms with Gasteiger partial charge in [-0.15, -0.1) is 0 Å². The van der Waals surface area contributed by atoms with Crippen LogP contribution in [0.5, 0.6) is 5.75 Å². The lowest BCUT2D eigenvalue weighted by Gasteiger charge is -2.23. The number of aromatic nitrogens is 5. The predicted molar refractivity (Wildman–Crippen MR) is 123 cm³/mol. The molecule has 4 aromatic rings. The van der Waals surface area contributed by atoms with Gasteiger partial charge in [0.1, 0.15) is 11.9 Å². The minimum atomic E-state index is -0.306. The standard InChI is InChI=1S/C25H22N6O2/c1-17-15-30(16-27-17)21-9-5-18(13-22(21)32-2)6-10-23-28-25-24(33-12-11-31(25)29-23)20-7-3-19(14-26)4-8-20/h3-10,13,15-16,24H,11-12H2,1-2H3/b10-6+/t24-/m1/s1. The van der Waals surface area contributed by atoms with Gasteiger partial charge in [0.05, 0.1) is 49.6 Å². The van der Waals surface area contributed by atoms with Crippen molar-refractivity contribution in [2.24, 2.45) is 0 Å². The number of imidazole rings is 1. The zero-order valence-electron chi connectivity index (χ0n) is 18.3. The average Bonchev–Trinajstić information content (AvgIpc) is 3.48. The smallest absolute Gasteiger partial charge is 0.174 e. The summed E-state index contributed by atoms with van der Waals surface area (Å²) in [5.41, 5.74) is 4.41. The predicted octanol–water partition coefficient (Wildman–Crippen LogP) is 3.94. The van der Waals surface area contributed by atoms with Crippen molar-refractivity contribution in [3.05, 3.63) is 89.0 Å². The second-order valence-corrected chi connectivity index (χ2v) is 7.72. The number of rotatable bonds is 5. The molecule has 0 fully saturated rings. The van der Waals surface area contributed by atoms with Crippen molar-refractivity contribution < 1.29 is 9.47 Å². The molecular formula is C25H22N6O2. The number of aryl methyl sites for hydroxylation is 1. The van der Waals surface area contributed by atoms with Crippen molar-refractivity contribution in [1.82, 2.24) is 24.3 Å². The monoisotopic (exact) mass is 438 g/mol. The quantitative estimate of drug-likeness (QED) is 0.469. The molecule has 1 aliphatic heterocycles. The fraction of sp³-hybridized carbons (Fsp3) is 0.200. The van der Waals surface area contributed by atoms with Crippen molar-refractivity contribution in [1.29, 1.82) is 5.26 Å². The normalized spacial score (nSPS) is 15.4. The molecule has 3 heterocycles. The van der Waals surface area contributed by atoms with E-state index < -0.39 is 0 Å². The first-order chi connectivity index (χ1) is 16.1. The van der Waals surface area contributed by atoms with Gasteiger partial charge >= 0.3 is 0 Å². The number of benzene rings is 2. The highest BCUT2D eigenvalue weighted by atomic mass is 16.5. The van der Waals surface area contributed by atoms with E-state index in [4.69, 9.17) is 19.7 Å². The van der Waals surface area contributed by atoms with Gasteiger partial charge in [-0.1, -0.05) is 24.3 Å². The number of hydrogen-bond acceptors (Lipinski definition) is 6. The van der Waals surface area contributed by atoms with E-state index in [1.165, 1.54) is 0 Å². The molecule has 5 rings (SSSR count). The maximum absolute atomic E-state index is 9.03. The molecule has 2 aromatic heterocycles. The van der Waals surface area contributed by atoms with Gasteiger partial charge in [0, 0.05) is 6.20 Å². The molecule has 0 radical (unpaired) electrons. The van der Waals surface area contributed by atoms with Gasteiger partial charge in [-0.05, 0) is 48.4 Å². The molecule has 0 unspecified atom stereocenters. The highest BCUT2D eigenvalue weighted by molar-refractivity contribution is 5.69. The Labute approximate surface area is 191 Å². The Morgan fingerprint density at radius 3 is 2.76 bits per heavy atom. The van der Waals surface area contributed by atoms with Crippen molar-refractivity contribution in [2.45, 2.75) is 19.6 Å². The van der Waals surface area contributed by atoms with Crippen LogP contribution in [0, 0.1) is 18.3 Å². The van der Waals surface area contributed by atoms with Crippen molar-refractivity contribution in [2.75, 3.05) is 13.7 Å². The number of nitriles is 1. The number of hydrogen-bond donors (Lipinski definition) is 0. The van der Waals surface area contributed by atoms with E-state index in [0.717, 1.165) is 34.1 Å². The van der Waals surface area contributed by atoms with Gasteiger partial charge < -0.3 is 14.0 Å². The topological polar surface area (TPSA) is 90.8 Å². The van der Waals surface area contributed by atoms with E-state index in [9.17, 15) is 0 Å². The van der Waals surface area contributed by atoms with Crippen LogP contribution < -0.4 is 4.74 Å². The highest BCUT2D eigenvalue weighted by Gasteiger charge is 2.26. The van der Waals surface area contributed by atoms with Crippen LogP contribution in [0.25, 0.3) is 17.8 Å². The van der Waals surface area contributed by atoms with E-state index >= 15 is 0 Å². The van der Waals surface area contributed by atoms with Gasteiger partial charge in [0.25, 0.3) is 0 Å². The van der Waals surface area contributed by atoms with Crippen LogP contribution in [0.3, 0.4) is 0 Å². The molecule has 2 aromatic carbocycles. The van der Waals surface area contributed by atoms with Crippen LogP contribution in [-0.2, 0) is 11.3 Å². The Morgan fingerprint density at radius 1 is 1.18 bits per heavy atom. The summed E-state index contributed by atoms with van der Waals surface area (Å²) in [4.78, 5) is 8.99. The molecule has 0 saturated heterocycles. The van der Waals surface area contributed by atoms with Crippen molar-refractivity contribution in [3.8, 4) is 17.5 Å². The summed E-state index contributed by atoms with van der Waals surface area (Å²) in [7, 11) is 1.66. The van der Waals surface area contributed by atoms with Crippen LogP contribution in [0.2, 0.25) is 0 Å². The maximum Gasteiger partial charge on any atom is 0.174 e. The zero-order valence-corrected chi connectivity index (χ0v) is 18.3. The SMILES string of the molecule is COc1cc(/C=C/c2nc3n(n2)CCO[C@@H]3c2ccc(C#N)cc2)ccc1-n1cnc(C)c1. The van der Waals surface area contributed by atoms with Crippen LogP contribution >= 0.6 is 0 Å². The fourth-order valence-corrected chi connectivity index (χ4v) is 3.85. The van der Waals surface area contributed by atoms with Crippen molar-refractivity contribution >= 4 is 12.2 Å². The minimum absolute atomic E-state index is 0.306. The number of methoxy groups -OCH3 is 1. The lowest BCUT2D eigenvalue weighted by Crippen LogP contribution is -2.23. The summed E-state index contributed by atoms with van der Waals surface area (Å²) >= 11 is 0. The Balaban J connectivity index is 1.40. The van der Waals surface area contributed by atoms with Gasteiger partial charge in [0.15, 0.2) is 11.6 Å². The largest absolute Gasteiger partial charge is 0.495 e. The fourth-order valence-electron chi connectivity index (χ4n) is 3.85. The lowest BCUT2D eigenvalue weighted by molar-refractivity contribution is 0.0390.